The maximum Gasteiger partial charge on any atom is 0.410 e. The Bertz CT molecular complexity index is 565. The second-order valence-corrected chi connectivity index (χ2v) is 4.57. The first-order valence-corrected chi connectivity index (χ1v) is 6.34. The van der Waals surface area contributed by atoms with Crippen molar-refractivity contribution in [2.45, 2.75) is 19.7 Å². The van der Waals surface area contributed by atoms with E-state index in [-0.39, 0.29) is 6.09 Å². The minimum atomic E-state index is -0.253. The van der Waals surface area contributed by atoms with Crippen molar-refractivity contribution in [1.29, 1.82) is 0 Å². The second-order valence-electron chi connectivity index (χ2n) is 4.57. The molecule has 1 amide bonds. The summed E-state index contributed by atoms with van der Waals surface area (Å²) in [5.74, 6) is 0. The van der Waals surface area contributed by atoms with E-state index >= 15 is 0 Å². The number of benzene rings is 1. The van der Waals surface area contributed by atoms with E-state index in [0.717, 1.165) is 17.8 Å². The number of aromatic amines is 1. The van der Waals surface area contributed by atoms with Crippen molar-refractivity contribution in [1.82, 2.24) is 10.00 Å². The normalized spacial score (nSPS) is 14.0. The molecule has 1 aromatic carbocycles. The van der Waals surface area contributed by atoms with Crippen molar-refractivity contribution in [3.05, 3.63) is 53.9 Å². The molecule has 0 bridgehead atoms. The fourth-order valence-electron chi connectivity index (χ4n) is 2.20. The van der Waals surface area contributed by atoms with Crippen molar-refractivity contribution >= 4 is 6.09 Å². The number of nitrogens with zero attached hydrogens (tertiary/aromatic N) is 2. The van der Waals surface area contributed by atoms with Crippen LogP contribution in [0.4, 0.5) is 4.79 Å². The second kappa shape index (κ2) is 5.14. The number of carbonyl (C=O) groups excluding carboxylic acids is 1. The highest BCUT2D eigenvalue weighted by Crippen LogP contribution is 2.08. The van der Waals surface area contributed by atoms with E-state index in [2.05, 4.69) is 5.10 Å². The molecule has 0 fully saturated rings. The summed E-state index contributed by atoms with van der Waals surface area (Å²) in [6.07, 6.45) is 1.63. The Kier molecular flexibility index (Phi) is 3.18. The molecule has 0 atom stereocenters. The first-order valence-electron chi connectivity index (χ1n) is 6.34. The van der Waals surface area contributed by atoms with E-state index < -0.39 is 0 Å². The lowest BCUT2D eigenvalue weighted by Gasteiger charge is -2.22. The van der Waals surface area contributed by atoms with Gasteiger partial charge < -0.3 is 4.74 Å². The molecule has 2 aromatic rings. The van der Waals surface area contributed by atoms with Gasteiger partial charge in [0.2, 0.25) is 5.69 Å². The molecule has 0 saturated heterocycles. The van der Waals surface area contributed by atoms with Gasteiger partial charge in [-0.25, -0.2) is 4.79 Å². The Morgan fingerprint density at radius 1 is 1.32 bits per heavy atom. The van der Waals surface area contributed by atoms with E-state index in [9.17, 15) is 4.79 Å². The molecule has 19 heavy (non-hydrogen) atoms. The quantitative estimate of drug-likeness (QED) is 0.829. The molecule has 0 radical (unpaired) electrons. The monoisotopic (exact) mass is 258 g/mol. The molecule has 1 N–H and O–H groups in total. The van der Waals surface area contributed by atoms with Crippen LogP contribution in [-0.2, 0) is 24.4 Å². The number of rotatable bonds is 2. The molecule has 98 valence electrons. The fraction of sp³-hybridized carbons (Fsp3) is 0.286. The molecule has 1 aliphatic rings. The van der Waals surface area contributed by atoms with Gasteiger partial charge in [-0.3, -0.25) is 4.90 Å². The van der Waals surface area contributed by atoms with E-state index in [4.69, 9.17) is 4.74 Å². The molecule has 1 aliphatic heterocycles. The van der Waals surface area contributed by atoms with Gasteiger partial charge in [-0.2, -0.15) is 5.10 Å². The highest BCUT2D eigenvalue weighted by molar-refractivity contribution is 5.67. The molecule has 5 nitrogen and oxygen atoms in total. The third kappa shape index (κ3) is 2.59. The fourth-order valence-corrected chi connectivity index (χ4v) is 2.20. The maximum atomic E-state index is 12.0. The lowest BCUT2D eigenvalue weighted by Crippen LogP contribution is -2.52. The Hall–Kier alpha value is -2.30. The SMILES string of the molecule is O=C(OCc1ccccc1)N1CC[n+]2[nH]ccc2C1. The van der Waals surface area contributed by atoms with Crippen LogP contribution in [0.25, 0.3) is 0 Å². The Balaban J connectivity index is 1.57. The minimum Gasteiger partial charge on any atom is -0.445 e. The van der Waals surface area contributed by atoms with Crippen molar-refractivity contribution in [2.75, 3.05) is 6.54 Å². The minimum absolute atomic E-state index is 0.253. The summed E-state index contributed by atoms with van der Waals surface area (Å²) in [4.78, 5) is 13.7. The zero-order valence-corrected chi connectivity index (χ0v) is 10.6. The number of fused-ring (bicyclic) bond motifs is 1. The first-order chi connectivity index (χ1) is 9.33. The lowest BCUT2D eigenvalue weighted by atomic mass is 10.2. The van der Waals surface area contributed by atoms with Crippen LogP contribution in [0.15, 0.2) is 42.6 Å². The molecule has 2 heterocycles. The topological polar surface area (TPSA) is 49.2 Å². The van der Waals surface area contributed by atoms with Crippen molar-refractivity contribution in [3.8, 4) is 0 Å². The molecule has 3 rings (SSSR count). The zero-order chi connectivity index (χ0) is 13.1. The number of nitrogens with one attached hydrogen (secondary N) is 1. The van der Waals surface area contributed by atoms with Crippen LogP contribution < -0.4 is 4.68 Å². The zero-order valence-electron chi connectivity index (χ0n) is 10.6. The van der Waals surface area contributed by atoms with Gasteiger partial charge in [0, 0.05) is 6.07 Å². The molecular weight excluding hydrogens is 242 g/mol. The van der Waals surface area contributed by atoms with Crippen LogP contribution in [0.5, 0.6) is 0 Å². The Morgan fingerprint density at radius 2 is 2.16 bits per heavy atom. The molecule has 0 aliphatic carbocycles. The summed E-state index contributed by atoms with van der Waals surface area (Å²) in [6.45, 7) is 2.37. The van der Waals surface area contributed by atoms with Gasteiger partial charge in [0.15, 0.2) is 6.54 Å². The highest BCUT2D eigenvalue weighted by Gasteiger charge is 2.27. The first kappa shape index (κ1) is 11.8. The van der Waals surface area contributed by atoms with Crippen LogP contribution in [0.2, 0.25) is 0 Å². The third-order valence-electron chi connectivity index (χ3n) is 3.26. The molecular formula is C14H16N3O2+. The summed E-state index contributed by atoms with van der Waals surface area (Å²) in [5.41, 5.74) is 2.10. The number of aromatic nitrogens is 2. The number of ether oxygens (including phenoxy) is 1. The number of carbonyl (C=O) groups is 1. The average Bonchev–Trinajstić information content (AvgIpc) is 2.93. The predicted octanol–water partition coefficient (Wildman–Crippen LogP) is 1.45. The van der Waals surface area contributed by atoms with Crippen molar-refractivity contribution < 1.29 is 14.2 Å². The van der Waals surface area contributed by atoms with Crippen molar-refractivity contribution in [3.63, 3.8) is 0 Å². The number of hydrogen-bond donors (Lipinski definition) is 1. The van der Waals surface area contributed by atoms with Crippen LogP contribution >= 0.6 is 0 Å². The number of hydrogen-bond acceptors (Lipinski definition) is 2. The molecule has 0 saturated carbocycles. The van der Waals surface area contributed by atoms with Crippen LogP contribution in [0.3, 0.4) is 0 Å². The average molecular weight is 258 g/mol. The van der Waals surface area contributed by atoms with Crippen LogP contribution in [0, 0.1) is 0 Å². The predicted molar refractivity (Wildman–Crippen MR) is 68.0 cm³/mol. The van der Waals surface area contributed by atoms with Gasteiger partial charge in [0.05, 0.1) is 12.7 Å². The van der Waals surface area contributed by atoms with Crippen LogP contribution in [0.1, 0.15) is 11.3 Å². The lowest BCUT2D eigenvalue weighted by molar-refractivity contribution is -0.762. The van der Waals surface area contributed by atoms with E-state index in [0.29, 0.717) is 19.7 Å². The largest absolute Gasteiger partial charge is 0.445 e. The number of H-pyrrole nitrogens is 1. The van der Waals surface area contributed by atoms with Gasteiger partial charge >= 0.3 is 6.09 Å². The third-order valence-corrected chi connectivity index (χ3v) is 3.26. The summed E-state index contributed by atoms with van der Waals surface area (Å²) in [7, 11) is 0. The van der Waals surface area contributed by atoms with Crippen molar-refractivity contribution in [2.24, 2.45) is 0 Å². The van der Waals surface area contributed by atoms with Gasteiger partial charge in [-0.1, -0.05) is 30.3 Å². The Labute approximate surface area is 111 Å². The maximum absolute atomic E-state index is 12.0. The molecule has 5 heteroatoms. The summed E-state index contributed by atoms with van der Waals surface area (Å²) >= 11 is 0. The summed E-state index contributed by atoms with van der Waals surface area (Å²) < 4.78 is 7.37. The van der Waals surface area contributed by atoms with E-state index in [1.165, 1.54) is 0 Å². The van der Waals surface area contributed by atoms with Gasteiger partial charge in [-0.15, -0.1) is 4.68 Å². The number of amides is 1. The molecule has 0 unspecified atom stereocenters. The Morgan fingerprint density at radius 3 is 3.00 bits per heavy atom. The van der Waals surface area contributed by atoms with Crippen LogP contribution in [-0.4, -0.2) is 22.6 Å². The molecule has 1 aromatic heterocycles. The highest BCUT2D eigenvalue weighted by atomic mass is 16.6. The summed E-state index contributed by atoms with van der Waals surface area (Å²) in [5, 5.41) is 3.11. The van der Waals surface area contributed by atoms with Gasteiger partial charge in [0.1, 0.15) is 13.2 Å². The van der Waals surface area contributed by atoms with Gasteiger partial charge in [0.25, 0.3) is 0 Å². The molecule has 0 spiro atoms. The standard InChI is InChI=1S/C14H15N3O2/c18-14(19-11-12-4-2-1-3-5-12)16-8-9-17-13(10-16)6-7-15-17/h1-7H,8-11H2/p+1. The van der Waals surface area contributed by atoms with E-state index in [1.54, 1.807) is 4.90 Å². The smallest absolute Gasteiger partial charge is 0.410 e. The van der Waals surface area contributed by atoms with E-state index in [1.807, 2.05) is 47.3 Å². The van der Waals surface area contributed by atoms with Gasteiger partial charge in [-0.05, 0) is 5.56 Å². The summed E-state index contributed by atoms with van der Waals surface area (Å²) in [6, 6.07) is 11.7.